The predicted octanol–water partition coefficient (Wildman–Crippen LogP) is 4.41. The number of esters is 1. The lowest BCUT2D eigenvalue weighted by Crippen LogP contribution is -2.14. The van der Waals surface area contributed by atoms with E-state index < -0.39 is 22.9 Å². The van der Waals surface area contributed by atoms with E-state index in [1.807, 2.05) is 6.07 Å². The second-order valence-electron chi connectivity index (χ2n) is 4.65. The van der Waals surface area contributed by atoms with Crippen molar-refractivity contribution in [2.24, 2.45) is 5.10 Å². The Morgan fingerprint density at radius 2 is 1.83 bits per heavy atom. The summed E-state index contributed by atoms with van der Waals surface area (Å²) in [5, 5.41) is 3.00. The van der Waals surface area contributed by atoms with Gasteiger partial charge in [-0.1, -0.05) is 48.0 Å². The maximum atomic E-state index is 12.6. The standard InChI is InChI=1S/C16H12ClF3N2O2/c17-14(15(23)24-10-11-5-2-1-3-6-11)22-21-13-8-4-7-12(9-13)16(18,19)20/h1-9,21H,10H2. The van der Waals surface area contributed by atoms with Crippen molar-refractivity contribution in [1.29, 1.82) is 0 Å². The summed E-state index contributed by atoms with van der Waals surface area (Å²) in [6, 6.07) is 13.3. The summed E-state index contributed by atoms with van der Waals surface area (Å²) in [5.74, 6) is -0.889. The number of carbonyl (C=O) groups is 1. The fourth-order valence-electron chi connectivity index (χ4n) is 1.71. The van der Waals surface area contributed by atoms with Gasteiger partial charge in [0.25, 0.3) is 0 Å². The minimum absolute atomic E-state index is 0.00890. The van der Waals surface area contributed by atoms with Gasteiger partial charge in [-0.2, -0.15) is 18.3 Å². The molecule has 0 aliphatic heterocycles. The van der Waals surface area contributed by atoms with Crippen molar-refractivity contribution in [3.05, 3.63) is 65.7 Å². The number of hydrogen-bond donors (Lipinski definition) is 1. The Morgan fingerprint density at radius 1 is 1.12 bits per heavy atom. The van der Waals surface area contributed by atoms with Gasteiger partial charge in [0.15, 0.2) is 0 Å². The molecule has 1 N–H and O–H groups in total. The third-order valence-corrected chi connectivity index (χ3v) is 3.09. The number of nitrogens with zero attached hydrogens (tertiary/aromatic N) is 1. The van der Waals surface area contributed by atoms with Gasteiger partial charge in [-0.05, 0) is 23.8 Å². The van der Waals surface area contributed by atoms with Crippen molar-refractivity contribution in [3.8, 4) is 0 Å². The van der Waals surface area contributed by atoms with Crippen molar-refractivity contribution in [1.82, 2.24) is 0 Å². The highest BCUT2D eigenvalue weighted by Gasteiger charge is 2.30. The van der Waals surface area contributed by atoms with E-state index >= 15 is 0 Å². The molecule has 0 fully saturated rings. The van der Waals surface area contributed by atoms with Crippen LogP contribution in [0, 0.1) is 0 Å². The first-order chi connectivity index (χ1) is 11.4. The lowest BCUT2D eigenvalue weighted by molar-refractivity contribution is -0.138. The van der Waals surface area contributed by atoms with Crippen LogP contribution in [0.2, 0.25) is 0 Å². The largest absolute Gasteiger partial charge is 0.455 e. The summed E-state index contributed by atoms with van der Waals surface area (Å²) in [6.45, 7) is 0.00890. The average Bonchev–Trinajstić information content (AvgIpc) is 2.58. The number of hydrazone groups is 1. The molecule has 0 unspecified atom stereocenters. The summed E-state index contributed by atoms with van der Waals surface area (Å²) in [7, 11) is 0. The van der Waals surface area contributed by atoms with Crippen molar-refractivity contribution in [2.75, 3.05) is 5.43 Å². The smallest absolute Gasteiger partial charge is 0.416 e. The molecule has 8 heteroatoms. The molecule has 2 rings (SSSR count). The fourth-order valence-corrected chi connectivity index (χ4v) is 1.80. The molecule has 0 spiro atoms. The summed E-state index contributed by atoms with van der Waals surface area (Å²) < 4.78 is 42.7. The van der Waals surface area contributed by atoms with Gasteiger partial charge in [-0.25, -0.2) is 4.79 Å². The van der Waals surface area contributed by atoms with Gasteiger partial charge < -0.3 is 4.74 Å². The van der Waals surface area contributed by atoms with Crippen LogP contribution in [0.25, 0.3) is 0 Å². The summed E-state index contributed by atoms with van der Waals surface area (Å²) >= 11 is 5.67. The van der Waals surface area contributed by atoms with Gasteiger partial charge in [0.1, 0.15) is 6.61 Å². The van der Waals surface area contributed by atoms with E-state index in [9.17, 15) is 18.0 Å². The summed E-state index contributed by atoms with van der Waals surface area (Å²) in [6.07, 6.45) is -4.47. The zero-order chi connectivity index (χ0) is 17.6. The number of benzene rings is 2. The molecule has 126 valence electrons. The third kappa shape index (κ3) is 5.27. The number of ether oxygens (including phenoxy) is 1. The first-order valence-corrected chi connectivity index (χ1v) is 7.11. The van der Waals surface area contributed by atoms with Crippen LogP contribution in [0.4, 0.5) is 18.9 Å². The molecule has 0 heterocycles. The maximum absolute atomic E-state index is 12.6. The second-order valence-corrected chi connectivity index (χ2v) is 5.01. The first kappa shape index (κ1) is 17.8. The van der Waals surface area contributed by atoms with E-state index in [-0.39, 0.29) is 12.3 Å². The van der Waals surface area contributed by atoms with Gasteiger partial charge in [-0.15, -0.1) is 0 Å². The molecule has 0 saturated heterocycles. The van der Waals surface area contributed by atoms with Gasteiger partial charge >= 0.3 is 12.1 Å². The number of nitrogens with one attached hydrogen (secondary N) is 1. The van der Waals surface area contributed by atoms with E-state index in [2.05, 4.69) is 10.5 Å². The van der Waals surface area contributed by atoms with Gasteiger partial charge in [0, 0.05) is 0 Å². The normalized spacial score (nSPS) is 11.9. The number of rotatable bonds is 5. The molecular formula is C16H12ClF3N2O2. The number of halogens is 4. The van der Waals surface area contributed by atoms with Crippen LogP contribution in [0.5, 0.6) is 0 Å². The van der Waals surface area contributed by atoms with E-state index in [0.29, 0.717) is 0 Å². The van der Waals surface area contributed by atoms with Crippen LogP contribution in [-0.2, 0) is 22.3 Å². The predicted molar refractivity (Wildman–Crippen MR) is 84.6 cm³/mol. The van der Waals surface area contributed by atoms with E-state index in [1.165, 1.54) is 12.1 Å². The van der Waals surface area contributed by atoms with E-state index in [4.69, 9.17) is 16.3 Å². The van der Waals surface area contributed by atoms with Crippen molar-refractivity contribution in [3.63, 3.8) is 0 Å². The van der Waals surface area contributed by atoms with Crippen LogP contribution in [0.3, 0.4) is 0 Å². The second kappa shape index (κ2) is 7.83. The van der Waals surface area contributed by atoms with Crippen LogP contribution >= 0.6 is 11.6 Å². The molecular weight excluding hydrogens is 345 g/mol. The van der Waals surface area contributed by atoms with E-state index in [1.54, 1.807) is 24.3 Å². The number of hydrogen-bond acceptors (Lipinski definition) is 4. The Bertz CT molecular complexity index is 734. The molecule has 0 bridgehead atoms. The topological polar surface area (TPSA) is 50.7 Å². The number of carbonyl (C=O) groups excluding carboxylic acids is 1. The Balaban J connectivity index is 1.94. The zero-order valence-corrected chi connectivity index (χ0v) is 12.9. The molecule has 0 amide bonds. The molecule has 24 heavy (non-hydrogen) atoms. The molecule has 4 nitrogen and oxygen atoms in total. The highest BCUT2D eigenvalue weighted by atomic mass is 35.5. The quantitative estimate of drug-likeness (QED) is 0.490. The molecule has 0 atom stereocenters. The minimum Gasteiger partial charge on any atom is -0.455 e. The SMILES string of the molecule is O=C(OCc1ccccc1)C(Cl)=NNc1cccc(C(F)(F)F)c1. The number of anilines is 1. The van der Waals surface area contributed by atoms with Crippen LogP contribution in [0.1, 0.15) is 11.1 Å². The average molecular weight is 357 g/mol. The van der Waals surface area contributed by atoms with Gasteiger partial charge in [0.2, 0.25) is 5.17 Å². The molecule has 0 radical (unpaired) electrons. The lowest BCUT2D eigenvalue weighted by Gasteiger charge is -2.08. The van der Waals surface area contributed by atoms with Crippen molar-refractivity contribution < 1.29 is 22.7 Å². The number of alkyl halides is 3. The van der Waals surface area contributed by atoms with Crippen molar-refractivity contribution >= 4 is 28.4 Å². The lowest BCUT2D eigenvalue weighted by atomic mass is 10.2. The monoisotopic (exact) mass is 356 g/mol. The van der Waals surface area contributed by atoms with Crippen LogP contribution in [-0.4, -0.2) is 11.1 Å². The molecule has 0 saturated carbocycles. The van der Waals surface area contributed by atoms with Crippen LogP contribution < -0.4 is 5.43 Å². The molecule has 2 aromatic rings. The van der Waals surface area contributed by atoms with Crippen molar-refractivity contribution in [2.45, 2.75) is 12.8 Å². The molecule has 0 aromatic heterocycles. The zero-order valence-electron chi connectivity index (χ0n) is 12.2. The van der Waals surface area contributed by atoms with Crippen LogP contribution in [0.15, 0.2) is 59.7 Å². The highest BCUT2D eigenvalue weighted by Crippen LogP contribution is 2.30. The molecule has 2 aromatic carbocycles. The maximum Gasteiger partial charge on any atom is 0.416 e. The Kier molecular flexibility index (Phi) is 5.81. The fraction of sp³-hybridized carbons (Fsp3) is 0.125. The molecule has 0 aliphatic rings. The third-order valence-electron chi connectivity index (χ3n) is 2.85. The molecule has 0 aliphatic carbocycles. The Hall–Kier alpha value is -2.54. The van der Waals surface area contributed by atoms with E-state index in [0.717, 1.165) is 17.7 Å². The summed E-state index contributed by atoms with van der Waals surface area (Å²) in [5.41, 5.74) is 2.25. The summed E-state index contributed by atoms with van der Waals surface area (Å²) in [4.78, 5) is 11.7. The van der Waals surface area contributed by atoms with Gasteiger partial charge in [0.05, 0.1) is 11.3 Å². The Labute approximate surface area is 140 Å². The Morgan fingerprint density at radius 3 is 2.50 bits per heavy atom. The van der Waals surface area contributed by atoms with Gasteiger partial charge in [-0.3, -0.25) is 5.43 Å². The first-order valence-electron chi connectivity index (χ1n) is 6.74. The highest BCUT2D eigenvalue weighted by molar-refractivity contribution is 6.82. The minimum atomic E-state index is -4.47.